The average molecular weight is 335 g/mol. The second kappa shape index (κ2) is 7.00. The summed E-state index contributed by atoms with van der Waals surface area (Å²) in [6.45, 7) is 5.05. The highest BCUT2D eigenvalue weighted by Crippen LogP contribution is 2.20. The van der Waals surface area contributed by atoms with Crippen LogP contribution in [0.4, 0.5) is 0 Å². The Morgan fingerprint density at radius 3 is 2.43 bits per heavy atom. The summed E-state index contributed by atoms with van der Waals surface area (Å²) >= 11 is 0. The number of carbonyl (C=O) groups excluding carboxylic acids is 1. The van der Waals surface area contributed by atoms with Crippen molar-refractivity contribution in [2.45, 2.75) is 43.4 Å². The van der Waals surface area contributed by atoms with Gasteiger partial charge in [-0.25, -0.2) is 8.42 Å². The van der Waals surface area contributed by atoms with E-state index in [4.69, 9.17) is 4.42 Å². The van der Waals surface area contributed by atoms with Crippen molar-refractivity contribution in [1.82, 2.24) is 5.32 Å². The molecule has 1 N–H and O–H groups in total. The van der Waals surface area contributed by atoms with Gasteiger partial charge in [0.2, 0.25) is 0 Å². The highest BCUT2D eigenvalue weighted by molar-refractivity contribution is 7.92. The van der Waals surface area contributed by atoms with Gasteiger partial charge in [0, 0.05) is 12.5 Å². The molecule has 1 atom stereocenters. The molecule has 0 saturated carbocycles. The number of rotatable bonds is 6. The molecule has 0 fully saturated rings. The second-order valence-corrected chi connectivity index (χ2v) is 8.22. The Morgan fingerprint density at radius 2 is 1.83 bits per heavy atom. The maximum Gasteiger partial charge on any atom is 0.252 e. The lowest BCUT2D eigenvalue weighted by Crippen LogP contribution is -2.35. The minimum absolute atomic E-state index is 0.0673. The van der Waals surface area contributed by atoms with Gasteiger partial charge in [-0.2, -0.15) is 0 Å². The van der Waals surface area contributed by atoms with Crippen LogP contribution in [-0.2, 0) is 16.3 Å². The Hall–Kier alpha value is -2.08. The first-order chi connectivity index (χ1) is 10.8. The van der Waals surface area contributed by atoms with Crippen molar-refractivity contribution >= 4 is 15.7 Å². The normalized spacial score (nSPS) is 13.0. The molecule has 0 saturated heterocycles. The molecule has 1 aromatic heterocycles. The largest absolute Gasteiger partial charge is 0.469 e. The van der Waals surface area contributed by atoms with Gasteiger partial charge in [0.25, 0.3) is 5.91 Å². The summed E-state index contributed by atoms with van der Waals surface area (Å²) in [6, 6.07) is 9.73. The van der Waals surface area contributed by atoms with Crippen molar-refractivity contribution in [3.05, 3.63) is 54.0 Å². The fourth-order valence-electron chi connectivity index (χ4n) is 2.24. The van der Waals surface area contributed by atoms with Crippen LogP contribution in [0.15, 0.2) is 52.0 Å². The lowest BCUT2D eigenvalue weighted by molar-refractivity contribution is 0.0936. The fourth-order valence-corrected chi connectivity index (χ4v) is 3.48. The number of hydrogen-bond acceptors (Lipinski definition) is 4. The lowest BCUT2D eigenvalue weighted by atomic mass is 10.1. The van der Waals surface area contributed by atoms with Gasteiger partial charge >= 0.3 is 0 Å². The molecular weight excluding hydrogens is 314 g/mol. The van der Waals surface area contributed by atoms with E-state index in [0.29, 0.717) is 6.42 Å². The minimum Gasteiger partial charge on any atom is -0.469 e. The van der Waals surface area contributed by atoms with Crippen molar-refractivity contribution in [3.8, 4) is 0 Å². The highest BCUT2D eigenvalue weighted by atomic mass is 32.2. The van der Waals surface area contributed by atoms with Crippen LogP contribution in [-0.4, -0.2) is 25.6 Å². The number of hydrogen-bond donors (Lipinski definition) is 1. The molecule has 6 heteroatoms. The van der Waals surface area contributed by atoms with E-state index in [1.54, 1.807) is 38.3 Å². The first-order valence-corrected chi connectivity index (χ1v) is 9.03. The molecule has 0 radical (unpaired) electrons. The van der Waals surface area contributed by atoms with E-state index in [0.717, 1.165) is 5.76 Å². The number of sulfone groups is 1. The van der Waals surface area contributed by atoms with Crippen LogP contribution in [0.5, 0.6) is 0 Å². The van der Waals surface area contributed by atoms with Gasteiger partial charge in [0.05, 0.1) is 22.0 Å². The van der Waals surface area contributed by atoms with Gasteiger partial charge in [-0.05, 0) is 45.0 Å². The summed E-state index contributed by atoms with van der Waals surface area (Å²) in [6.07, 6.45) is 2.12. The summed E-state index contributed by atoms with van der Waals surface area (Å²) in [7, 11) is -3.52. The van der Waals surface area contributed by atoms with E-state index in [9.17, 15) is 13.2 Å². The molecule has 1 heterocycles. The summed E-state index contributed by atoms with van der Waals surface area (Å²) in [5.41, 5.74) is 0.174. The number of nitrogens with one attached hydrogen (secondary N) is 1. The Labute approximate surface area is 136 Å². The Balaban J connectivity index is 2.20. The number of carbonyl (C=O) groups is 1. The lowest BCUT2D eigenvalue weighted by Gasteiger charge is -2.16. The van der Waals surface area contributed by atoms with Gasteiger partial charge in [-0.15, -0.1) is 0 Å². The highest BCUT2D eigenvalue weighted by Gasteiger charge is 2.25. The number of furan rings is 1. The standard InChI is InChI=1S/C17H21NO4S/c1-12(2)23(20,21)16-9-5-4-8-15(16)17(19)18-13(3)11-14-7-6-10-22-14/h4-10,12-13H,11H2,1-3H3,(H,18,19)/t13-/m1/s1. The molecule has 0 unspecified atom stereocenters. The maximum atomic E-state index is 12.5. The van der Waals surface area contributed by atoms with Crippen LogP contribution in [0, 0.1) is 0 Å². The van der Waals surface area contributed by atoms with Crippen molar-refractivity contribution < 1.29 is 17.6 Å². The molecule has 0 aliphatic carbocycles. The first-order valence-electron chi connectivity index (χ1n) is 7.48. The monoisotopic (exact) mass is 335 g/mol. The fraction of sp³-hybridized carbons (Fsp3) is 0.353. The van der Waals surface area contributed by atoms with Crippen LogP contribution in [0.25, 0.3) is 0 Å². The predicted octanol–water partition coefficient (Wildman–Crippen LogP) is 2.82. The van der Waals surface area contributed by atoms with E-state index < -0.39 is 21.0 Å². The van der Waals surface area contributed by atoms with E-state index in [1.165, 1.54) is 12.1 Å². The zero-order chi connectivity index (χ0) is 17.0. The molecule has 0 bridgehead atoms. The molecule has 124 valence electrons. The maximum absolute atomic E-state index is 12.5. The van der Waals surface area contributed by atoms with Gasteiger partial charge in [0.15, 0.2) is 9.84 Å². The van der Waals surface area contributed by atoms with Gasteiger partial charge in [-0.1, -0.05) is 12.1 Å². The van der Waals surface area contributed by atoms with E-state index in [2.05, 4.69) is 5.32 Å². The van der Waals surface area contributed by atoms with Gasteiger partial charge < -0.3 is 9.73 Å². The molecule has 0 aliphatic heterocycles. The van der Waals surface area contributed by atoms with Crippen LogP contribution in [0.3, 0.4) is 0 Å². The van der Waals surface area contributed by atoms with Gasteiger partial charge in [0.1, 0.15) is 5.76 Å². The average Bonchev–Trinajstić information content (AvgIpc) is 2.99. The van der Waals surface area contributed by atoms with E-state index >= 15 is 0 Å². The van der Waals surface area contributed by atoms with Crippen LogP contribution < -0.4 is 5.32 Å². The van der Waals surface area contributed by atoms with Crippen molar-refractivity contribution in [1.29, 1.82) is 0 Å². The van der Waals surface area contributed by atoms with Gasteiger partial charge in [-0.3, -0.25) is 4.79 Å². The molecule has 2 aromatic rings. The summed E-state index contributed by atoms with van der Waals surface area (Å²) in [5.74, 6) is 0.366. The Morgan fingerprint density at radius 1 is 1.13 bits per heavy atom. The molecule has 0 spiro atoms. The Bertz CT molecular complexity index is 764. The molecule has 5 nitrogen and oxygen atoms in total. The molecule has 1 aromatic carbocycles. The minimum atomic E-state index is -3.52. The second-order valence-electron chi connectivity index (χ2n) is 5.75. The molecule has 2 rings (SSSR count). The van der Waals surface area contributed by atoms with Crippen molar-refractivity contribution in [2.75, 3.05) is 0 Å². The first kappa shape index (κ1) is 17.3. The van der Waals surface area contributed by atoms with Crippen LogP contribution in [0.2, 0.25) is 0 Å². The molecule has 1 amide bonds. The third-order valence-corrected chi connectivity index (χ3v) is 5.73. The third kappa shape index (κ3) is 4.01. The summed E-state index contributed by atoms with van der Waals surface area (Å²) in [4.78, 5) is 12.5. The smallest absolute Gasteiger partial charge is 0.252 e. The van der Waals surface area contributed by atoms with E-state index in [-0.39, 0.29) is 16.5 Å². The molecular formula is C17H21NO4S. The zero-order valence-electron chi connectivity index (χ0n) is 13.4. The van der Waals surface area contributed by atoms with Crippen LogP contribution in [0.1, 0.15) is 36.9 Å². The Kier molecular flexibility index (Phi) is 5.26. The van der Waals surface area contributed by atoms with Crippen molar-refractivity contribution in [3.63, 3.8) is 0 Å². The summed E-state index contributed by atoms with van der Waals surface area (Å²) < 4.78 is 30.1. The SMILES string of the molecule is CC(C)S(=O)(=O)c1ccccc1C(=O)N[C@H](C)Cc1ccco1. The molecule has 23 heavy (non-hydrogen) atoms. The summed E-state index contributed by atoms with van der Waals surface area (Å²) in [5, 5.41) is 2.24. The molecule has 0 aliphatic rings. The number of amides is 1. The van der Waals surface area contributed by atoms with Crippen molar-refractivity contribution in [2.24, 2.45) is 0 Å². The predicted molar refractivity (Wildman–Crippen MR) is 88.1 cm³/mol. The zero-order valence-corrected chi connectivity index (χ0v) is 14.3. The van der Waals surface area contributed by atoms with Crippen LogP contribution >= 0.6 is 0 Å². The topological polar surface area (TPSA) is 76.4 Å². The third-order valence-electron chi connectivity index (χ3n) is 3.52. The quantitative estimate of drug-likeness (QED) is 0.880. The number of benzene rings is 1. The van der Waals surface area contributed by atoms with E-state index in [1.807, 2.05) is 13.0 Å².